The number of rotatable bonds is 2. The molecule has 0 radical (unpaired) electrons. The standard InChI is InChI=1S/C18H25N5O3/c1-13(2)16(25)22-6-7-23(17(26)14-4-5-19-20-9-14)12-18(11-22)8-15(24)21(3)10-18/h4-5,9,13H,6-8,10-12H2,1-3H3/t18-/m0/s1. The molecule has 2 saturated heterocycles. The molecule has 3 amide bonds. The van der Waals surface area contributed by atoms with Gasteiger partial charge in [-0.3, -0.25) is 14.4 Å². The lowest BCUT2D eigenvalue weighted by Gasteiger charge is -2.33. The quantitative estimate of drug-likeness (QED) is 0.756. The predicted octanol–water partition coefficient (Wildman–Crippen LogP) is 0.266. The molecule has 0 saturated carbocycles. The van der Waals surface area contributed by atoms with Gasteiger partial charge in [0.25, 0.3) is 5.91 Å². The molecule has 0 aromatic carbocycles. The van der Waals surface area contributed by atoms with Crippen molar-refractivity contribution in [3.05, 3.63) is 24.0 Å². The monoisotopic (exact) mass is 359 g/mol. The van der Waals surface area contributed by atoms with Crippen molar-refractivity contribution in [1.29, 1.82) is 0 Å². The van der Waals surface area contributed by atoms with Gasteiger partial charge in [-0.1, -0.05) is 13.8 Å². The molecule has 3 heterocycles. The van der Waals surface area contributed by atoms with Crippen LogP contribution in [0.15, 0.2) is 18.5 Å². The van der Waals surface area contributed by atoms with Gasteiger partial charge >= 0.3 is 0 Å². The van der Waals surface area contributed by atoms with Gasteiger partial charge in [0.05, 0.1) is 18.0 Å². The highest BCUT2D eigenvalue weighted by Gasteiger charge is 2.47. The van der Waals surface area contributed by atoms with Crippen LogP contribution in [0.1, 0.15) is 30.6 Å². The third kappa shape index (κ3) is 3.54. The van der Waals surface area contributed by atoms with Crippen LogP contribution in [0.5, 0.6) is 0 Å². The first kappa shape index (κ1) is 18.3. The Morgan fingerprint density at radius 1 is 1.12 bits per heavy atom. The highest BCUT2D eigenvalue weighted by Crippen LogP contribution is 2.35. The fourth-order valence-electron chi connectivity index (χ4n) is 3.90. The van der Waals surface area contributed by atoms with Crippen molar-refractivity contribution in [2.45, 2.75) is 20.3 Å². The summed E-state index contributed by atoms with van der Waals surface area (Å²) in [4.78, 5) is 43.0. The molecule has 2 aliphatic heterocycles. The topological polar surface area (TPSA) is 86.7 Å². The molecular weight excluding hydrogens is 334 g/mol. The first-order valence-corrected chi connectivity index (χ1v) is 8.90. The number of likely N-dealkylation sites (tertiary alicyclic amines) is 1. The van der Waals surface area contributed by atoms with Gasteiger partial charge in [0.1, 0.15) is 0 Å². The zero-order chi connectivity index (χ0) is 18.9. The van der Waals surface area contributed by atoms with Crippen LogP contribution in [0.3, 0.4) is 0 Å². The summed E-state index contributed by atoms with van der Waals surface area (Å²) in [6, 6.07) is 1.63. The van der Waals surface area contributed by atoms with Crippen LogP contribution >= 0.6 is 0 Å². The molecule has 1 aromatic heterocycles. The highest BCUT2D eigenvalue weighted by molar-refractivity contribution is 5.94. The first-order valence-electron chi connectivity index (χ1n) is 8.90. The molecule has 0 aliphatic carbocycles. The van der Waals surface area contributed by atoms with Gasteiger partial charge in [0.15, 0.2) is 0 Å². The van der Waals surface area contributed by atoms with E-state index in [1.165, 1.54) is 12.4 Å². The minimum atomic E-state index is -0.428. The van der Waals surface area contributed by atoms with E-state index >= 15 is 0 Å². The lowest BCUT2D eigenvalue weighted by Crippen LogP contribution is -2.45. The summed E-state index contributed by atoms with van der Waals surface area (Å²) in [5.41, 5.74) is 0.0414. The Labute approximate surface area is 153 Å². The maximum Gasteiger partial charge on any atom is 0.255 e. The Morgan fingerprint density at radius 2 is 1.81 bits per heavy atom. The number of carbonyl (C=O) groups excluding carboxylic acids is 3. The number of aromatic nitrogens is 2. The zero-order valence-electron chi connectivity index (χ0n) is 15.5. The second kappa shape index (κ2) is 7.01. The normalized spacial score (nSPS) is 23.7. The molecule has 0 bridgehead atoms. The first-order chi connectivity index (χ1) is 12.3. The molecule has 1 aromatic rings. The van der Waals surface area contributed by atoms with Gasteiger partial charge in [-0.2, -0.15) is 10.2 Å². The fourth-order valence-corrected chi connectivity index (χ4v) is 3.90. The maximum atomic E-state index is 12.9. The average Bonchev–Trinajstić information content (AvgIpc) is 2.79. The third-order valence-corrected chi connectivity index (χ3v) is 5.14. The predicted molar refractivity (Wildman–Crippen MR) is 94.0 cm³/mol. The van der Waals surface area contributed by atoms with Crippen LogP contribution < -0.4 is 0 Å². The van der Waals surface area contributed by atoms with Crippen LogP contribution in [0.4, 0.5) is 0 Å². The molecule has 2 fully saturated rings. The Kier molecular flexibility index (Phi) is 4.93. The summed E-state index contributed by atoms with van der Waals surface area (Å²) in [5, 5.41) is 7.49. The molecular formula is C18H25N5O3. The third-order valence-electron chi connectivity index (χ3n) is 5.14. The summed E-state index contributed by atoms with van der Waals surface area (Å²) in [5.74, 6) is -0.137. The van der Waals surface area contributed by atoms with Crippen molar-refractivity contribution in [1.82, 2.24) is 24.9 Å². The SMILES string of the molecule is CC(C)C(=O)N1CCN(C(=O)c2ccnnc2)C[C@]2(CC(=O)N(C)C2)C1. The fraction of sp³-hybridized carbons (Fsp3) is 0.611. The second-order valence-electron chi connectivity index (χ2n) is 7.70. The molecule has 1 spiro atoms. The molecule has 2 aliphatic rings. The number of hydrogen-bond donors (Lipinski definition) is 0. The van der Waals surface area contributed by atoms with E-state index in [4.69, 9.17) is 0 Å². The molecule has 1 atom stereocenters. The second-order valence-corrected chi connectivity index (χ2v) is 7.70. The van der Waals surface area contributed by atoms with Crippen molar-refractivity contribution >= 4 is 17.7 Å². The summed E-state index contributed by atoms with van der Waals surface area (Å²) in [6.07, 6.45) is 3.29. The Bertz CT molecular complexity index is 708. The summed E-state index contributed by atoms with van der Waals surface area (Å²) in [7, 11) is 1.77. The van der Waals surface area contributed by atoms with E-state index in [0.29, 0.717) is 44.7 Å². The molecule has 3 rings (SSSR count). The zero-order valence-corrected chi connectivity index (χ0v) is 15.5. The molecule has 8 heteroatoms. The van der Waals surface area contributed by atoms with Crippen molar-refractivity contribution in [3.8, 4) is 0 Å². The summed E-state index contributed by atoms with van der Waals surface area (Å²) < 4.78 is 0. The van der Waals surface area contributed by atoms with Crippen LogP contribution in [0.2, 0.25) is 0 Å². The van der Waals surface area contributed by atoms with E-state index in [0.717, 1.165) is 0 Å². The van der Waals surface area contributed by atoms with E-state index in [9.17, 15) is 14.4 Å². The smallest absolute Gasteiger partial charge is 0.255 e. The number of amides is 3. The summed E-state index contributed by atoms with van der Waals surface area (Å²) >= 11 is 0. The van der Waals surface area contributed by atoms with Crippen molar-refractivity contribution in [2.24, 2.45) is 11.3 Å². The molecule has 26 heavy (non-hydrogen) atoms. The molecule has 0 unspecified atom stereocenters. The van der Waals surface area contributed by atoms with Crippen LogP contribution in [0.25, 0.3) is 0 Å². The number of nitrogens with zero attached hydrogens (tertiary/aromatic N) is 5. The van der Waals surface area contributed by atoms with Gasteiger partial charge in [-0.05, 0) is 6.07 Å². The Morgan fingerprint density at radius 3 is 2.38 bits per heavy atom. The van der Waals surface area contributed by atoms with Crippen molar-refractivity contribution in [3.63, 3.8) is 0 Å². The van der Waals surface area contributed by atoms with Crippen molar-refractivity contribution in [2.75, 3.05) is 39.8 Å². The Hall–Kier alpha value is -2.51. The van der Waals surface area contributed by atoms with E-state index < -0.39 is 5.41 Å². The number of hydrogen-bond acceptors (Lipinski definition) is 5. The van der Waals surface area contributed by atoms with Gasteiger partial charge < -0.3 is 14.7 Å². The van der Waals surface area contributed by atoms with E-state index in [-0.39, 0.29) is 23.6 Å². The van der Waals surface area contributed by atoms with Crippen LogP contribution in [-0.4, -0.2) is 82.4 Å². The van der Waals surface area contributed by atoms with Crippen LogP contribution in [0, 0.1) is 11.3 Å². The summed E-state index contributed by atoms with van der Waals surface area (Å²) in [6.45, 7) is 6.16. The molecule has 0 N–H and O–H groups in total. The van der Waals surface area contributed by atoms with Gasteiger partial charge in [-0.25, -0.2) is 0 Å². The van der Waals surface area contributed by atoms with Crippen molar-refractivity contribution < 1.29 is 14.4 Å². The number of carbonyl (C=O) groups is 3. The highest BCUT2D eigenvalue weighted by atomic mass is 16.2. The van der Waals surface area contributed by atoms with Crippen LogP contribution in [-0.2, 0) is 9.59 Å². The maximum absolute atomic E-state index is 12.9. The largest absolute Gasteiger partial charge is 0.345 e. The minimum Gasteiger partial charge on any atom is -0.345 e. The van der Waals surface area contributed by atoms with Gasteiger partial charge in [-0.15, -0.1) is 0 Å². The van der Waals surface area contributed by atoms with E-state index in [2.05, 4.69) is 10.2 Å². The van der Waals surface area contributed by atoms with E-state index in [1.807, 2.05) is 18.7 Å². The molecule has 140 valence electrons. The minimum absolute atomic E-state index is 0.0572. The van der Waals surface area contributed by atoms with E-state index in [1.54, 1.807) is 22.9 Å². The van der Waals surface area contributed by atoms with Gasteiger partial charge in [0, 0.05) is 57.5 Å². The van der Waals surface area contributed by atoms with Gasteiger partial charge in [0.2, 0.25) is 11.8 Å². The lowest BCUT2D eigenvalue weighted by atomic mass is 9.85. The average molecular weight is 359 g/mol. The lowest BCUT2D eigenvalue weighted by molar-refractivity contribution is -0.135. The molecule has 8 nitrogen and oxygen atoms in total. The Balaban J connectivity index is 1.88.